The van der Waals surface area contributed by atoms with Crippen LogP contribution in [0.3, 0.4) is 0 Å². The van der Waals surface area contributed by atoms with Crippen molar-refractivity contribution < 1.29 is 14.6 Å². The molecule has 0 aliphatic carbocycles. The molecule has 0 atom stereocenters. The number of aliphatic carboxylic acids is 1. The van der Waals surface area contributed by atoms with Crippen LogP contribution in [0.15, 0.2) is 35.1 Å². The van der Waals surface area contributed by atoms with Gasteiger partial charge in [-0.25, -0.2) is 14.5 Å². The van der Waals surface area contributed by atoms with Gasteiger partial charge in [-0.2, -0.15) is 5.10 Å². The maximum absolute atomic E-state index is 10.6. The largest absolute Gasteiger partial charge is 0.484 e. The first kappa shape index (κ1) is 15.2. The van der Waals surface area contributed by atoms with Gasteiger partial charge in [-0.1, -0.05) is 12.1 Å². The predicted octanol–water partition coefficient (Wildman–Crippen LogP) is 2.74. The van der Waals surface area contributed by atoms with E-state index in [1.165, 1.54) is 12.4 Å². The first-order chi connectivity index (χ1) is 10.1. The van der Waals surface area contributed by atoms with Gasteiger partial charge in [-0.05, 0) is 35.0 Å². The molecule has 0 unspecified atom stereocenters. The lowest BCUT2D eigenvalue weighted by Crippen LogP contribution is -2.08. The van der Waals surface area contributed by atoms with Crippen LogP contribution in [0.25, 0.3) is 6.08 Å². The zero-order chi connectivity index (χ0) is 15.2. The molecule has 0 bridgehead atoms. The van der Waals surface area contributed by atoms with Gasteiger partial charge < -0.3 is 9.84 Å². The van der Waals surface area contributed by atoms with Crippen molar-refractivity contribution in [2.75, 3.05) is 0 Å². The summed E-state index contributed by atoms with van der Waals surface area (Å²) in [4.78, 5) is 14.8. The molecule has 0 aliphatic heterocycles. The van der Waals surface area contributed by atoms with Crippen molar-refractivity contribution in [2.24, 2.45) is 0 Å². The normalized spacial score (nSPS) is 11.0. The van der Waals surface area contributed by atoms with E-state index in [0.29, 0.717) is 23.7 Å². The summed E-state index contributed by atoms with van der Waals surface area (Å²) in [6.45, 7) is 2.93. The SMILES string of the molecule is CCn1ncnc1COc1c(Br)cccc1C=CC(=O)O. The van der Waals surface area contributed by atoms with Gasteiger partial charge in [0.1, 0.15) is 18.7 Å². The molecule has 110 valence electrons. The van der Waals surface area contributed by atoms with E-state index >= 15 is 0 Å². The molecule has 0 spiro atoms. The Kier molecular flexibility index (Phi) is 5.10. The number of nitrogens with zero attached hydrogens (tertiary/aromatic N) is 3. The van der Waals surface area contributed by atoms with E-state index in [9.17, 15) is 4.79 Å². The number of ether oxygens (including phenoxy) is 1. The summed E-state index contributed by atoms with van der Waals surface area (Å²) in [5, 5.41) is 12.8. The molecule has 0 fully saturated rings. The van der Waals surface area contributed by atoms with E-state index < -0.39 is 5.97 Å². The number of carboxylic acid groups (broad SMARTS) is 1. The highest BCUT2D eigenvalue weighted by Crippen LogP contribution is 2.30. The van der Waals surface area contributed by atoms with Crippen LogP contribution in [0, 0.1) is 0 Å². The van der Waals surface area contributed by atoms with Crippen molar-refractivity contribution >= 4 is 28.0 Å². The van der Waals surface area contributed by atoms with Crippen LogP contribution in [0.1, 0.15) is 18.3 Å². The Labute approximate surface area is 130 Å². The Morgan fingerprint density at radius 2 is 2.33 bits per heavy atom. The number of carboxylic acids is 1. The molecule has 1 aromatic carbocycles. The third-order valence-electron chi connectivity index (χ3n) is 2.74. The standard InChI is InChI=1S/C14H14BrN3O3/c1-2-18-12(16-9-17-18)8-21-14-10(6-7-13(19)20)4-3-5-11(14)15/h3-7,9H,2,8H2,1H3,(H,19,20). The van der Waals surface area contributed by atoms with Crippen molar-refractivity contribution in [3.05, 3.63) is 46.5 Å². The Hall–Kier alpha value is -2.15. The summed E-state index contributed by atoms with van der Waals surface area (Å²) >= 11 is 3.40. The molecule has 0 amide bonds. The average molecular weight is 352 g/mol. The summed E-state index contributed by atoms with van der Waals surface area (Å²) in [7, 11) is 0. The van der Waals surface area contributed by atoms with Crippen LogP contribution in [-0.2, 0) is 17.9 Å². The van der Waals surface area contributed by atoms with Gasteiger partial charge in [-0.3, -0.25) is 0 Å². The van der Waals surface area contributed by atoms with E-state index in [4.69, 9.17) is 9.84 Å². The van der Waals surface area contributed by atoms with Gasteiger partial charge in [0.15, 0.2) is 5.82 Å². The molecule has 1 heterocycles. The minimum absolute atomic E-state index is 0.254. The van der Waals surface area contributed by atoms with E-state index in [-0.39, 0.29) is 6.61 Å². The Morgan fingerprint density at radius 1 is 1.52 bits per heavy atom. The molecule has 6 nitrogen and oxygen atoms in total. The van der Waals surface area contributed by atoms with Crippen LogP contribution in [0.5, 0.6) is 5.75 Å². The summed E-state index contributed by atoms with van der Waals surface area (Å²) in [6.07, 6.45) is 4.05. The summed E-state index contributed by atoms with van der Waals surface area (Å²) in [5.74, 6) is 0.272. The number of halogens is 1. The van der Waals surface area contributed by atoms with Crippen LogP contribution in [0.4, 0.5) is 0 Å². The highest BCUT2D eigenvalue weighted by Gasteiger charge is 2.09. The fourth-order valence-corrected chi connectivity index (χ4v) is 2.27. The van der Waals surface area contributed by atoms with Gasteiger partial charge in [0.25, 0.3) is 0 Å². The quantitative estimate of drug-likeness (QED) is 0.809. The summed E-state index contributed by atoms with van der Waals surface area (Å²) in [6, 6.07) is 5.43. The molecule has 2 rings (SSSR count). The minimum Gasteiger partial charge on any atom is -0.484 e. The number of carbonyl (C=O) groups is 1. The van der Waals surface area contributed by atoms with E-state index in [0.717, 1.165) is 10.5 Å². The highest BCUT2D eigenvalue weighted by molar-refractivity contribution is 9.10. The molecular weight excluding hydrogens is 338 g/mol. The zero-order valence-electron chi connectivity index (χ0n) is 11.4. The number of aromatic nitrogens is 3. The lowest BCUT2D eigenvalue weighted by molar-refractivity contribution is -0.131. The van der Waals surface area contributed by atoms with Crippen molar-refractivity contribution in [1.82, 2.24) is 14.8 Å². The van der Waals surface area contributed by atoms with Crippen molar-refractivity contribution in [2.45, 2.75) is 20.1 Å². The third kappa shape index (κ3) is 3.91. The van der Waals surface area contributed by atoms with Gasteiger partial charge in [0.05, 0.1) is 4.47 Å². The van der Waals surface area contributed by atoms with E-state index in [1.54, 1.807) is 10.7 Å². The summed E-state index contributed by atoms with van der Waals surface area (Å²) < 4.78 is 8.26. The molecule has 21 heavy (non-hydrogen) atoms. The second kappa shape index (κ2) is 7.03. The average Bonchev–Trinajstić information content (AvgIpc) is 2.91. The maximum atomic E-state index is 10.6. The number of para-hydroxylation sites is 1. The highest BCUT2D eigenvalue weighted by atomic mass is 79.9. The number of hydrogen-bond acceptors (Lipinski definition) is 4. The number of rotatable bonds is 6. The van der Waals surface area contributed by atoms with Gasteiger partial charge in [0.2, 0.25) is 0 Å². The molecular formula is C14H14BrN3O3. The molecule has 1 N–H and O–H groups in total. The number of hydrogen-bond donors (Lipinski definition) is 1. The van der Waals surface area contributed by atoms with Crippen LogP contribution < -0.4 is 4.74 Å². The van der Waals surface area contributed by atoms with Gasteiger partial charge in [0, 0.05) is 18.2 Å². The van der Waals surface area contributed by atoms with E-state index in [1.807, 2.05) is 19.1 Å². The van der Waals surface area contributed by atoms with Gasteiger partial charge in [-0.15, -0.1) is 0 Å². The molecule has 1 aromatic heterocycles. The van der Waals surface area contributed by atoms with Crippen molar-refractivity contribution in [3.8, 4) is 5.75 Å². The minimum atomic E-state index is -1.01. The third-order valence-corrected chi connectivity index (χ3v) is 3.37. The van der Waals surface area contributed by atoms with E-state index in [2.05, 4.69) is 26.0 Å². The monoisotopic (exact) mass is 351 g/mol. The van der Waals surface area contributed by atoms with Crippen LogP contribution in [-0.4, -0.2) is 25.8 Å². The maximum Gasteiger partial charge on any atom is 0.328 e. The molecule has 0 radical (unpaired) electrons. The van der Waals surface area contributed by atoms with Crippen molar-refractivity contribution in [3.63, 3.8) is 0 Å². The fraction of sp³-hybridized carbons (Fsp3) is 0.214. The predicted molar refractivity (Wildman–Crippen MR) is 80.8 cm³/mol. The van der Waals surface area contributed by atoms with Crippen molar-refractivity contribution in [1.29, 1.82) is 0 Å². The first-order valence-corrected chi connectivity index (χ1v) is 7.10. The van der Waals surface area contributed by atoms with Crippen LogP contribution >= 0.6 is 15.9 Å². The Bertz CT molecular complexity index is 667. The zero-order valence-corrected chi connectivity index (χ0v) is 12.9. The lowest BCUT2D eigenvalue weighted by atomic mass is 10.2. The second-order valence-corrected chi connectivity index (χ2v) is 4.96. The first-order valence-electron chi connectivity index (χ1n) is 6.30. The van der Waals surface area contributed by atoms with Crippen LogP contribution in [0.2, 0.25) is 0 Å². The Balaban J connectivity index is 2.21. The summed E-state index contributed by atoms with van der Waals surface area (Å²) in [5.41, 5.74) is 0.675. The molecule has 0 saturated carbocycles. The fourth-order valence-electron chi connectivity index (χ4n) is 1.77. The number of aryl methyl sites for hydroxylation is 1. The Morgan fingerprint density at radius 3 is 3.05 bits per heavy atom. The molecule has 2 aromatic rings. The molecule has 0 aliphatic rings. The second-order valence-electron chi connectivity index (χ2n) is 4.11. The molecule has 0 saturated heterocycles. The topological polar surface area (TPSA) is 77.2 Å². The smallest absolute Gasteiger partial charge is 0.328 e. The lowest BCUT2D eigenvalue weighted by Gasteiger charge is -2.11. The molecule has 7 heteroatoms. The number of benzene rings is 1. The van der Waals surface area contributed by atoms with Gasteiger partial charge >= 0.3 is 5.97 Å².